The number of nitrogens with two attached hydrogens (primary N) is 1. The van der Waals surface area contributed by atoms with Crippen molar-refractivity contribution in [3.05, 3.63) is 11.5 Å². The summed E-state index contributed by atoms with van der Waals surface area (Å²) in [5.41, 5.74) is 7.61. The third kappa shape index (κ3) is 3.97. The van der Waals surface area contributed by atoms with Crippen LogP contribution in [0.5, 0.6) is 0 Å². The molecular formula is C17H31N3S. The fourth-order valence-corrected chi connectivity index (χ4v) is 3.84. The van der Waals surface area contributed by atoms with Gasteiger partial charge in [0.15, 0.2) is 0 Å². The minimum atomic E-state index is 0.0155. The van der Waals surface area contributed by atoms with Gasteiger partial charge in [0, 0.05) is 11.5 Å². The van der Waals surface area contributed by atoms with Gasteiger partial charge in [0.2, 0.25) is 0 Å². The highest BCUT2D eigenvalue weighted by atomic mass is 32.2. The Bertz CT molecular complexity index is 453. The molecule has 0 radical (unpaired) electrons. The third-order valence-corrected chi connectivity index (χ3v) is 5.12. The van der Waals surface area contributed by atoms with Crippen molar-refractivity contribution in [2.45, 2.75) is 77.2 Å². The second-order valence-corrected chi connectivity index (χ2v) is 8.23. The number of aromatic nitrogens is 2. The van der Waals surface area contributed by atoms with Gasteiger partial charge in [-0.25, -0.2) is 4.98 Å². The quantitative estimate of drug-likeness (QED) is 0.811. The Morgan fingerprint density at radius 3 is 2.48 bits per heavy atom. The third-order valence-electron chi connectivity index (χ3n) is 4.42. The summed E-state index contributed by atoms with van der Waals surface area (Å²) in [5, 5.41) is 0. The van der Waals surface area contributed by atoms with Crippen molar-refractivity contribution < 1.29 is 0 Å². The van der Waals surface area contributed by atoms with Crippen molar-refractivity contribution in [1.29, 1.82) is 0 Å². The maximum absolute atomic E-state index is 6.47. The van der Waals surface area contributed by atoms with Crippen LogP contribution in [0.3, 0.4) is 0 Å². The molecule has 0 bridgehead atoms. The van der Waals surface area contributed by atoms with E-state index in [1.165, 1.54) is 43.7 Å². The zero-order valence-corrected chi connectivity index (χ0v) is 14.9. The van der Waals surface area contributed by atoms with E-state index < -0.39 is 0 Å². The number of aryl methyl sites for hydroxylation is 1. The molecule has 0 saturated heterocycles. The van der Waals surface area contributed by atoms with Crippen LogP contribution in [0.25, 0.3) is 0 Å². The molecule has 0 atom stereocenters. The Hall–Kier alpha value is -0.640. The molecule has 4 heteroatoms. The predicted molar refractivity (Wildman–Crippen MR) is 94.2 cm³/mol. The lowest BCUT2D eigenvalue weighted by molar-refractivity contribution is 0.349. The molecule has 1 aliphatic rings. The molecule has 120 valence electrons. The Morgan fingerprint density at radius 2 is 1.90 bits per heavy atom. The first kappa shape index (κ1) is 16.7. The predicted octanol–water partition coefficient (Wildman–Crippen LogP) is 4.56. The molecule has 0 aliphatic heterocycles. The summed E-state index contributed by atoms with van der Waals surface area (Å²) in [5.74, 6) is 3.94. The maximum atomic E-state index is 6.47. The SMILES string of the molecule is CSCCCc1nc(C2CCCCC2)n(C(C)(C)C)c1N. The molecule has 0 spiro atoms. The summed E-state index contributed by atoms with van der Waals surface area (Å²) < 4.78 is 2.32. The number of imidazole rings is 1. The van der Waals surface area contributed by atoms with Crippen LogP contribution in [0.15, 0.2) is 0 Å². The van der Waals surface area contributed by atoms with Crippen molar-refractivity contribution in [1.82, 2.24) is 9.55 Å². The zero-order chi connectivity index (χ0) is 15.5. The average molecular weight is 310 g/mol. The topological polar surface area (TPSA) is 43.8 Å². The number of rotatable bonds is 5. The second-order valence-electron chi connectivity index (χ2n) is 7.24. The van der Waals surface area contributed by atoms with Gasteiger partial charge in [-0.1, -0.05) is 19.3 Å². The van der Waals surface area contributed by atoms with Crippen LogP contribution >= 0.6 is 11.8 Å². The van der Waals surface area contributed by atoms with E-state index in [-0.39, 0.29) is 5.54 Å². The molecular weight excluding hydrogens is 278 g/mol. The smallest absolute Gasteiger partial charge is 0.127 e. The van der Waals surface area contributed by atoms with Crippen molar-refractivity contribution >= 4 is 17.6 Å². The Morgan fingerprint density at radius 1 is 1.24 bits per heavy atom. The second kappa shape index (κ2) is 7.08. The van der Waals surface area contributed by atoms with Crippen molar-refractivity contribution in [3.63, 3.8) is 0 Å². The molecule has 0 amide bonds. The minimum absolute atomic E-state index is 0.0155. The van der Waals surface area contributed by atoms with Gasteiger partial charge in [0.25, 0.3) is 0 Å². The van der Waals surface area contributed by atoms with Gasteiger partial charge < -0.3 is 10.3 Å². The van der Waals surface area contributed by atoms with Crippen LogP contribution in [0.2, 0.25) is 0 Å². The van der Waals surface area contributed by atoms with Crippen molar-refractivity contribution in [2.24, 2.45) is 0 Å². The summed E-state index contributed by atoms with van der Waals surface area (Å²) in [4.78, 5) is 5.00. The van der Waals surface area contributed by atoms with Crippen LogP contribution in [0, 0.1) is 0 Å². The van der Waals surface area contributed by atoms with E-state index in [0.29, 0.717) is 5.92 Å². The Kier molecular flexibility index (Phi) is 5.64. The molecule has 1 aromatic rings. The van der Waals surface area contributed by atoms with Crippen LogP contribution in [-0.2, 0) is 12.0 Å². The minimum Gasteiger partial charge on any atom is -0.384 e. The number of nitrogens with zero attached hydrogens (tertiary/aromatic N) is 2. The largest absolute Gasteiger partial charge is 0.384 e. The van der Waals surface area contributed by atoms with Crippen LogP contribution in [0.4, 0.5) is 5.82 Å². The molecule has 0 aromatic carbocycles. The van der Waals surface area contributed by atoms with Crippen molar-refractivity contribution in [2.75, 3.05) is 17.7 Å². The van der Waals surface area contributed by atoms with Gasteiger partial charge in [0.1, 0.15) is 11.6 Å². The summed E-state index contributed by atoms with van der Waals surface area (Å²) in [7, 11) is 0. The Balaban J connectivity index is 2.30. The van der Waals surface area contributed by atoms with E-state index in [9.17, 15) is 0 Å². The number of anilines is 1. The normalized spacial score (nSPS) is 17.3. The monoisotopic (exact) mass is 309 g/mol. The van der Waals surface area contributed by atoms with Gasteiger partial charge in [-0.15, -0.1) is 0 Å². The summed E-state index contributed by atoms with van der Waals surface area (Å²) >= 11 is 1.90. The lowest BCUT2D eigenvalue weighted by Crippen LogP contribution is -2.27. The van der Waals surface area contributed by atoms with E-state index in [0.717, 1.165) is 24.4 Å². The van der Waals surface area contributed by atoms with Gasteiger partial charge in [-0.3, -0.25) is 0 Å². The lowest BCUT2D eigenvalue weighted by Gasteiger charge is -2.29. The lowest BCUT2D eigenvalue weighted by atomic mass is 9.88. The summed E-state index contributed by atoms with van der Waals surface area (Å²) in [6.45, 7) is 6.72. The fourth-order valence-electron chi connectivity index (χ4n) is 3.41. The number of hydrogen-bond acceptors (Lipinski definition) is 3. The Labute approximate surface area is 134 Å². The summed E-state index contributed by atoms with van der Waals surface area (Å²) in [6, 6.07) is 0. The molecule has 1 heterocycles. The number of hydrogen-bond donors (Lipinski definition) is 1. The van der Waals surface area contributed by atoms with E-state index in [1.54, 1.807) is 0 Å². The van der Waals surface area contributed by atoms with Crippen LogP contribution < -0.4 is 5.73 Å². The highest BCUT2D eigenvalue weighted by Gasteiger charge is 2.29. The van der Waals surface area contributed by atoms with E-state index >= 15 is 0 Å². The molecule has 1 fully saturated rings. The molecule has 2 N–H and O–H groups in total. The maximum Gasteiger partial charge on any atom is 0.127 e. The van der Waals surface area contributed by atoms with E-state index in [4.69, 9.17) is 10.7 Å². The van der Waals surface area contributed by atoms with E-state index in [2.05, 4.69) is 31.6 Å². The highest BCUT2D eigenvalue weighted by Crippen LogP contribution is 2.37. The highest BCUT2D eigenvalue weighted by molar-refractivity contribution is 7.98. The first-order valence-electron chi connectivity index (χ1n) is 8.31. The molecule has 0 unspecified atom stereocenters. The number of thioether (sulfide) groups is 1. The van der Waals surface area contributed by atoms with Crippen LogP contribution in [-0.4, -0.2) is 21.6 Å². The molecule has 2 rings (SSSR count). The fraction of sp³-hybridized carbons (Fsp3) is 0.824. The van der Waals surface area contributed by atoms with Crippen molar-refractivity contribution in [3.8, 4) is 0 Å². The van der Waals surface area contributed by atoms with Gasteiger partial charge in [-0.05, 0) is 58.5 Å². The first-order valence-corrected chi connectivity index (χ1v) is 9.71. The standard InChI is InChI=1S/C17H31N3S/c1-17(2,3)20-15(18)14(11-8-12-21-4)19-16(20)13-9-6-5-7-10-13/h13H,5-12,18H2,1-4H3. The number of nitrogen functional groups attached to an aromatic ring is 1. The zero-order valence-electron chi connectivity index (χ0n) is 14.1. The van der Waals surface area contributed by atoms with Crippen LogP contribution in [0.1, 0.15) is 76.7 Å². The average Bonchev–Trinajstić information content (AvgIpc) is 2.77. The first-order chi connectivity index (χ1) is 9.95. The molecule has 3 nitrogen and oxygen atoms in total. The summed E-state index contributed by atoms with van der Waals surface area (Å²) in [6.07, 6.45) is 10.9. The van der Waals surface area contributed by atoms with E-state index in [1.807, 2.05) is 11.8 Å². The molecule has 1 aromatic heterocycles. The van der Waals surface area contributed by atoms with Gasteiger partial charge >= 0.3 is 0 Å². The molecule has 1 aliphatic carbocycles. The van der Waals surface area contributed by atoms with Gasteiger partial charge in [-0.2, -0.15) is 11.8 Å². The molecule has 21 heavy (non-hydrogen) atoms. The van der Waals surface area contributed by atoms with Gasteiger partial charge in [0.05, 0.1) is 5.69 Å². The molecule has 1 saturated carbocycles.